The maximum absolute atomic E-state index is 11.1. The van der Waals surface area contributed by atoms with Gasteiger partial charge in [0, 0.05) is 12.8 Å². The predicted octanol–water partition coefficient (Wildman–Crippen LogP) is -2.23. The van der Waals surface area contributed by atoms with Gasteiger partial charge in [0.2, 0.25) is 6.29 Å². The van der Waals surface area contributed by atoms with E-state index < -0.39 is 61.6 Å². The molecule has 0 aromatic rings. The Morgan fingerprint density at radius 3 is 2.56 bits per heavy atom. The second kappa shape index (κ2) is 8.23. The van der Waals surface area contributed by atoms with Crippen molar-refractivity contribution in [3.05, 3.63) is 24.0 Å². The lowest BCUT2D eigenvalue weighted by Crippen LogP contribution is -2.60. The van der Waals surface area contributed by atoms with Crippen LogP contribution in [0.3, 0.4) is 0 Å². The summed E-state index contributed by atoms with van der Waals surface area (Å²) < 4.78 is 21.5. The molecule has 9 atom stereocenters. The van der Waals surface area contributed by atoms with Crippen LogP contribution in [0.15, 0.2) is 24.0 Å². The molecule has 5 unspecified atom stereocenters. The number of hydrogen-bond donors (Lipinski definition) is 5. The van der Waals surface area contributed by atoms with Crippen LogP contribution in [-0.2, 0) is 23.7 Å². The molecule has 0 aromatic carbocycles. The number of rotatable bonds is 5. The van der Waals surface area contributed by atoms with Crippen molar-refractivity contribution >= 4 is 5.97 Å². The highest BCUT2D eigenvalue weighted by Crippen LogP contribution is 2.41. The molecule has 152 valence electrons. The topological polar surface area (TPSA) is 155 Å². The Hall–Kier alpha value is -1.53. The monoisotopic (exact) mass is 388 g/mol. The summed E-state index contributed by atoms with van der Waals surface area (Å²) in [6, 6.07) is 0. The molecule has 0 radical (unpaired) electrons. The molecule has 10 nitrogen and oxygen atoms in total. The lowest BCUT2D eigenvalue weighted by molar-refractivity contribution is -0.339. The zero-order valence-corrected chi connectivity index (χ0v) is 14.6. The van der Waals surface area contributed by atoms with Crippen molar-refractivity contribution in [2.24, 2.45) is 11.8 Å². The Morgan fingerprint density at radius 1 is 1.15 bits per heavy atom. The van der Waals surface area contributed by atoms with E-state index in [2.05, 4.69) is 0 Å². The number of aliphatic hydroxyl groups is 5. The van der Waals surface area contributed by atoms with E-state index >= 15 is 0 Å². The Balaban J connectivity index is 1.74. The summed E-state index contributed by atoms with van der Waals surface area (Å²) in [6.07, 6.45) is -4.45. The highest BCUT2D eigenvalue weighted by Gasteiger charge is 2.49. The third-order valence-electron chi connectivity index (χ3n) is 4.99. The van der Waals surface area contributed by atoms with Crippen molar-refractivity contribution in [3.63, 3.8) is 0 Å². The molecule has 10 heteroatoms. The number of carbonyl (C=O) groups excluding carboxylic acids is 1. The normalized spacial score (nSPS) is 43.6. The molecule has 0 bridgehead atoms. The fourth-order valence-electron chi connectivity index (χ4n) is 3.55. The van der Waals surface area contributed by atoms with Gasteiger partial charge in [0.05, 0.1) is 24.9 Å². The van der Waals surface area contributed by atoms with Gasteiger partial charge in [-0.25, -0.2) is 0 Å². The van der Waals surface area contributed by atoms with E-state index in [0.29, 0.717) is 5.57 Å². The third kappa shape index (κ3) is 4.02. The van der Waals surface area contributed by atoms with E-state index in [9.17, 15) is 30.3 Å². The SMILES string of the molecule is CC(=O)OCC1=C[C@@H](O)[C@@H]2C=CO[C@@H](OC3OC(CO)C(O)C(O)C3O)[C@H]12. The van der Waals surface area contributed by atoms with Crippen molar-refractivity contribution in [3.8, 4) is 0 Å². The van der Waals surface area contributed by atoms with Gasteiger partial charge >= 0.3 is 5.97 Å². The van der Waals surface area contributed by atoms with Crippen LogP contribution in [0.5, 0.6) is 0 Å². The second-order valence-electron chi connectivity index (χ2n) is 6.78. The molecular formula is C17H24O10. The average molecular weight is 388 g/mol. The standard InChI is InChI=1S/C17H24O10/c1-7(19)25-6-8-4-10(20)9-2-3-24-16(12(8)9)27-17-15(23)14(22)13(21)11(5-18)26-17/h2-4,9-18,20-23H,5-6H2,1H3/t9-,10+,11?,12+,13?,14?,15?,16-,17?/m0/s1. The van der Waals surface area contributed by atoms with Gasteiger partial charge < -0.3 is 44.5 Å². The summed E-state index contributed by atoms with van der Waals surface area (Å²) in [5, 5.41) is 49.4. The van der Waals surface area contributed by atoms with E-state index in [1.54, 1.807) is 12.2 Å². The molecule has 2 heterocycles. The summed E-state index contributed by atoms with van der Waals surface area (Å²) in [5.41, 5.74) is 0.585. The minimum atomic E-state index is -1.58. The lowest BCUT2D eigenvalue weighted by atomic mass is 9.88. The van der Waals surface area contributed by atoms with Gasteiger partial charge in [-0.3, -0.25) is 4.79 Å². The molecule has 2 aliphatic heterocycles. The van der Waals surface area contributed by atoms with Crippen molar-refractivity contribution < 1.29 is 49.3 Å². The molecule has 1 saturated heterocycles. The molecule has 0 spiro atoms. The largest absolute Gasteiger partial charge is 0.472 e. The van der Waals surface area contributed by atoms with Gasteiger partial charge in [-0.1, -0.05) is 6.08 Å². The van der Waals surface area contributed by atoms with Crippen LogP contribution in [-0.4, -0.2) is 87.8 Å². The Kier molecular flexibility index (Phi) is 6.16. The summed E-state index contributed by atoms with van der Waals surface area (Å²) in [7, 11) is 0. The molecule has 3 rings (SSSR count). The van der Waals surface area contributed by atoms with Crippen molar-refractivity contribution in [2.45, 2.75) is 50.0 Å². The molecule has 5 N–H and O–H groups in total. The smallest absolute Gasteiger partial charge is 0.302 e. The van der Waals surface area contributed by atoms with E-state index in [1.165, 1.54) is 13.2 Å². The first-order chi connectivity index (χ1) is 12.8. The quantitative estimate of drug-likeness (QED) is 0.258. The average Bonchev–Trinajstić information content (AvgIpc) is 2.97. The van der Waals surface area contributed by atoms with Gasteiger partial charge in [-0.2, -0.15) is 0 Å². The van der Waals surface area contributed by atoms with Crippen LogP contribution in [0.25, 0.3) is 0 Å². The van der Waals surface area contributed by atoms with Crippen LogP contribution in [0.1, 0.15) is 6.92 Å². The van der Waals surface area contributed by atoms with Gasteiger partial charge in [-0.15, -0.1) is 0 Å². The molecule has 27 heavy (non-hydrogen) atoms. The first kappa shape index (κ1) is 20.2. The number of esters is 1. The van der Waals surface area contributed by atoms with E-state index in [-0.39, 0.29) is 12.5 Å². The summed E-state index contributed by atoms with van der Waals surface area (Å²) in [4.78, 5) is 11.1. The second-order valence-corrected chi connectivity index (χ2v) is 6.78. The maximum atomic E-state index is 11.1. The number of aliphatic hydroxyl groups excluding tert-OH is 5. The molecule has 3 aliphatic rings. The first-order valence-electron chi connectivity index (χ1n) is 8.63. The number of carbonyl (C=O) groups is 1. The number of ether oxygens (including phenoxy) is 4. The molecule has 0 amide bonds. The minimum Gasteiger partial charge on any atom is -0.472 e. The molecule has 0 saturated carbocycles. The summed E-state index contributed by atoms with van der Waals surface area (Å²) >= 11 is 0. The van der Waals surface area contributed by atoms with Gasteiger partial charge in [0.15, 0.2) is 6.29 Å². The van der Waals surface area contributed by atoms with Crippen LogP contribution in [0.2, 0.25) is 0 Å². The lowest BCUT2D eigenvalue weighted by Gasteiger charge is -2.42. The number of fused-ring (bicyclic) bond motifs is 1. The maximum Gasteiger partial charge on any atom is 0.302 e. The molecule has 1 aliphatic carbocycles. The third-order valence-corrected chi connectivity index (χ3v) is 4.99. The minimum absolute atomic E-state index is 0.0562. The van der Waals surface area contributed by atoms with Gasteiger partial charge in [0.25, 0.3) is 0 Å². The molecule has 0 aromatic heterocycles. The summed E-state index contributed by atoms with van der Waals surface area (Å²) in [6.45, 7) is 0.626. The Bertz CT molecular complexity index is 603. The van der Waals surface area contributed by atoms with Crippen LogP contribution < -0.4 is 0 Å². The van der Waals surface area contributed by atoms with E-state index in [4.69, 9.17) is 18.9 Å². The van der Waals surface area contributed by atoms with Crippen LogP contribution >= 0.6 is 0 Å². The molecular weight excluding hydrogens is 364 g/mol. The van der Waals surface area contributed by atoms with E-state index in [0.717, 1.165) is 0 Å². The van der Waals surface area contributed by atoms with Crippen molar-refractivity contribution in [1.29, 1.82) is 0 Å². The van der Waals surface area contributed by atoms with Crippen molar-refractivity contribution in [1.82, 2.24) is 0 Å². The highest BCUT2D eigenvalue weighted by atomic mass is 16.8. The highest BCUT2D eigenvalue weighted by molar-refractivity contribution is 5.66. The Morgan fingerprint density at radius 2 is 1.89 bits per heavy atom. The molecule has 1 fully saturated rings. The fraction of sp³-hybridized carbons (Fsp3) is 0.706. The predicted molar refractivity (Wildman–Crippen MR) is 86.6 cm³/mol. The zero-order chi connectivity index (χ0) is 19.7. The fourth-order valence-corrected chi connectivity index (χ4v) is 3.55. The first-order valence-corrected chi connectivity index (χ1v) is 8.63. The van der Waals surface area contributed by atoms with Crippen LogP contribution in [0.4, 0.5) is 0 Å². The number of hydrogen-bond acceptors (Lipinski definition) is 10. The van der Waals surface area contributed by atoms with Crippen LogP contribution in [0, 0.1) is 11.8 Å². The summed E-state index contributed by atoms with van der Waals surface area (Å²) in [5.74, 6) is -1.39. The van der Waals surface area contributed by atoms with E-state index in [1.807, 2.05) is 0 Å². The van der Waals surface area contributed by atoms with Crippen molar-refractivity contribution in [2.75, 3.05) is 13.2 Å². The Labute approximate surface area is 155 Å². The van der Waals surface area contributed by atoms with Gasteiger partial charge in [0.1, 0.15) is 31.0 Å². The van der Waals surface area contributed by atoms with Gasteiger partial charge in [-0.05, 0) is 11.6 Å². The zero-order valence-electron chi connectivity index (χ0n) is 14.6.